The van der Waals surface area contributed by atoms with Crippen molar-refractivity contribution in [1.29, 1.82) is 0 Å². The fraction of sp³-hybridized carbons (Fsp3) is 0.333. The molecule has 2 aliphatic rings. The third kappa shape index (κ3) is 5.19. The SMILES string of the molecule is CC(=O)OC1CS[C@@H]2[C@H](NC(=O)Cc3ccccc3)C(=O)N2[C@H]1C(=O)OCc1ccccc1. The number of fused-ring (bicyclic) bond motifs is 1. The van der Waals surface area contributed by atoms with Crippen molar-refractivity contribution < 1.29 is 28.7 Å². The van der Waals surface area contributed by atoms with E-state index in [9.17, 15) is 19.2 Å². The van der Waals surface area contributed by atoms with Crippen LogP contribution in [0.5, 0.6) is 0 Å². The second kappa shape index (κ2) is 10.1. The molecule has 0 saturated carbocycles. The maximum atomic E-state index is 13.0. The van der Waals surface area contributed by atoms with Gasteiger partial charge >= 0.3 is 11.9 Å². The molecule has 2 aromatic rings. The molecule has 4 atom stereocenters. The largest absolute Gasteiger partial charge is 0.459 e. The molecule has 0 aromatic heterocycles. The van der Waals surface area contributed by atoms with Gasteiger partial charge in [-0.1, -0.05) is 60.7 Å². The van der Waals surface area contributed by atoms with Crippen molar-refractivity contribution in [1.82, 2.24) is 10.2 Å². The minimum atomic E-state index is -1.06. The van der Waals surface area contributed by atoms with Gasteiger partial charge in [-0.2, -0.15) is 0 Å². The lowest BCUT2D eigenvalue weighted by Crippen LogP contribution is -2.77. The topological polar surface area (TPSA) is 102 Å². The van der Waals surface area contributed by atoms with Crippen molar-refractivity contribution in [2.45, 2.75) is 43.5 Å². The molecule has 2 fully saturated rings. The van der Waals surface area contributed by atoms with Crippen molar-refractivity contribution >= 4 is 35.5 Å². The quantitative estimate of drug-likeness (QED) is 0.487. The third-order valence-corrected chi connectivity index (χ3v) is 6.83. The summed E-state index contributed by atoms with van der Waals surface area (Å²) in [7, 11) is 0. The van der Waals surface area contributed by atoms with Gasteiger partial charge in [0.1, 0.15) is 24.1 Å². The van der Waals surface area contributed by atoms with Gasteiger partial charge in [-0.05, 0) is 11.1 Å². The van der Waals surface area contributed by atoms with E-state index in [1.165, 1.54) is 23.6 Å². The van der Waals surface area contributed by atoms with Gasteiger partial charge < -0.3 is 19.7 Å². The van der Waals surface area contributed by atoms with E-state index in [1.54, 1.807) is 0 Å². The molecular formula is C24H24N2O6S. The summed E-state index contributed by atoms with van der Waals surface area (Å²) >= 11 is 1.36. The molecule has 2 aliphatic heterocycles. The summed E-state index contributed by atoms with van der Waals surface area (Å²) in [5.41, 5.74) is 1.64. The third-order valence-electron chi connectivity index (χ3n) is 5.47. The zero-order valence-corrected chi connectivity index (χ0v) is 18.8. The predicted octanol–water partition coefficient (Wildman–Crippen LogP) is 1.67. The van der Waals surface area contributed by atoms with Gasteiger partial charge in [-0.3, -0.25) is 14.4 Å². The van der Waals surface area contributed by atoms with Gasteiger partial charge in [0.15, 0.2) is 6.04 Å². The molecule has 33 heavy (non-hydrogen) atoms. The fourth-order valence-corrected chi connectivity index (χ4v) is 5.36. The Labute approximate surface area is 195 Å². The standard InChI is InChI=1S/C24H24N2O6S/c1-15(27)32-18-14-33-23-20(25-19(28)12-16-8-4-2-5-9-16)22(29)26(23)21(18)24(30)31-13-17-10-6-3-7-11-17/h2-11,18,20-21,23H,12-14H2,1H3,(H,25,28)/t18?,20-,21-,23-/m1/s1. The van der Waals surface area contributed by atoms with Crippen LogP contribution in [0.2, 0.25) is 0 Å². The first kappa shape index (κ1) is 22.8. The zero-order chi connectivity index (χ0) is 23.4. The second-order valence-electron chi connectivity index (χ2n) is 7.86. The van der Waals surface area contributed by atoms with Crippen molar-refractivity contribution in [3.63, 3.8) is 0 Å². The number of amides is 2. The van der Waals surface area contributed by atoms with Crippen molar-refractivity contribution in [2.75, 3.05) is 5.75 Å². The van der Waals surface area contributed by atoms with Gasteiger partial charge in [0.25, 0.3) is 0 Å². The second-order valence-corrected chi connectivity index (χ2v) is 9.01. The number of esters is 2. The minimum absolute atomic E-state index is 0.0417. The van der Waals surface area contributed by atoms with Crippen molar-refractivity contribution in [2.24, 2.45) is 0 Å². The number of β-lactam (4-membered cyclic amide) rings is 1. The zero-order valence-electron chi connectivity index (χ0n) is 18.0. The first-order valence-electron chi connectivity index (χ1n) is 10.6. The van der Waals surface area contributed by atoms with Crippen LogP contribution in [0.1, 0.15) is 18.1 Å². The Morgan fingerprint density at radius 2 is 1.67 bits per heavy atom. The Kier molecular flexibility index (Phi) is 6.98. The molecule has 2 heterocycles. The van der Waals surface area contributed by atoms with Gasteiger partial charge in [-0.15, -0.1) is 11.8 Å². The van der Waals surface area contributed by atoms with Crippen molar-refractivity contribution in [3.8, 4) is 0 Å². The summed E-state index contributed by atoms with van der Waals surface area (Å²) in [5.74, 6) is -1.54. The van der Waals surface area contributed by atoms with E-state index in [2.05, 4.69) is 5.32 Å². The minimum Gasteiger partial charge on any atom is -0.459 e. The number of thioether (sulfide) groups is 1. The lowest BCUT2D eigenvalue weighted by Gasteiger charge is -2.53. The van der Waals surface area contributed by atoms with E-state index in [-0.39, 0.29) is 18.9 Å². The van der Waals surface area contributed by atoms with Crippen LogP contribution >= 0.6 is 11.8 Å². The lowest BCUT2D eigenvalue weighted by molar-refractivity contribution is -0.177. The molecule has 0 aliphatic carbocycles. The van der Waals surface area contributed by atoms with Crippen LogP contribution in [0, 0.1) is 0 Å². The maximum absolute atomic E-state index is 13.0. The van der Waals surface area contributed by atoms with Crippen LogP contribution in [0.15, 0.2) is 60.7 Å². The highest BCUT2D eigenvalue weighted by Crippen LogP contribution is 2.39. The van der Waals surface area contributed by atoms with Crippen LogP contribution in [0.25, 0.3) is 0 Å². The summed E-state index contributed by atoms with van der Waals surface area (Å²) in [6.07, 6.45) is -0.669. The predicted molar refractivity (Wildman–Crippen MR) is 121 cm³/mol. The molecule has 2 amide bonds. The number of hydrogen-bond acceptors (Lipinski definition) is 7. The van der Waals surface area contributed by atoms with Gasteiger partial charge in [-0.25, -0.2) is 4.79 Å². The van der Waals surface area contributed by atoms with Crippen LogP contribution in [0.4, 0.5) is 0 Å². The molecule has 172 valence electrons. The lowest BCUT2D eigenvalue weighted by atomic mass is 9.99. The number of carbonyl (C=O) groups is 4. The normalized spacial score (nSPS) is 23.7. The summed E-state index contributed by atoms with van der Waals surface area (Å²) in [6, 6.07) is 16.6. The first-order chi connectivity index (χ1) is 15.9. The molecule has 2 aromatic carbocycles. The Morgan fingerprint density at radius 1 is 1.03 bits per heavy atom. The van der Waals surface area contributed by atoms with Crippen LogP contribution < -0.4 is 5.32 Å². The molecule has 4 rings (SSSR count). The van der Waals surface area contributed by atoms with Crippen molar-refractivity contribution in [3.05, 3.63) is 71.8 Å². The number of nitrogens with one attached hydrogen (secondary N) is 1. The highest BCUT2D eigenvalue weighted by Gasteiger charge is 2.59. The fourth-order valence-electron chi connectivity index (χ4n) is 3.95. The Bertz CT molecular complexity index is 1030. The summed E-state index contributed by atoms with van der Waals surface area (Å²) in [6.45, 7) is 1.30. The molecule has 1 unspecified atom stereocenters. The van der Waals surface area contributed by atoms with E-state index in [0.717, 1.165) is 11.1 Å². The molecule has 8 nitrogen and oxygen atoms in total. The summed E-state index contributed by atoms with van der Waals surface area (Å²) < 4.78 is 10.8. The average molecular weight is 469 g/mol. The molecule has 2 saturated heterocycles. The number of carbonyl (C=O) groups excluding carboxylic acids is 4. The highest BCUT2D eigenvalue weighted by molar-refractivity contribution is 8.00. The van der Waals surface area contributed by atoms with Gasteiger partial charge in [0.2, 0.25) is 11.8 Å². The summed E-state index contributed by atoms with van der Waals surface area (Å²) in [5, 5.41) is 2.34. The Balaban J connectivity index is 1.43. The Hall–Kier alpha value is -3.33. The van der Waals surface area contributed by atoms with E-state index in [0.29, 0.717) is 5.75 Å². The number of nitrogens with zero attached hydrogens (tertiary/aromatic N) is 1. The monoisotopic (exact) mass is 468 g/mol. The van der Waals surface area contributed by atoms with Crippen LogP contribution in [-0.2, 0) is 41.7 Å². The maximum Gasteiger partial charge on any atom is 0.333 e. The van der Waals surface area contributed by atoms with Crippen LogP contribution in [0.3, 0.4) is 0 Å². The number of benzene rings is 2. The van der Waals surface area contributed by atoms with E-state index in [4.69, 9.17) is 9.47 Å². The number of hydrogen-bond donors (Lipinski definition) is 1. The highest BCUT2D eigenvalue weighted by atomic mass is 32.2. The molecular weight excluding hydrogens is 444 g/mol. The summed E-state index contributed by atoms with van der Waals surface area (Å²) in [4.78, 5) is 51.3. The first-order valence-corrected chi connectivity index (χ1v) is 11.6. The Morgan fingerprint density at radius 3 is 2.30 bits per heavy atom. The van der Waals surface area contributed by atoms with Gasteiger partial charge in [0, 0.05) is 12.7 Å². The number of rotatable bonds is 7. The average Bonchev–Trinajstić information content (AvgIpc) is 2.81. The number of ether oxygens (including phenoxy) is 2. The molecule has 1 N–H and O–H groups in total. The molecule has 0 bridgehead atoms. The molecule has 9 heteroatoms. The molecule has 0 radical (unpaired) electrons. The molecule has 0 spiro atoms. The van der Waals surface area contributed by atoms with E-state index < -0.39 is 41.4 Å². The smallest absolute Gasteiger partial charge is 0.333 e. The van der Waals surface area contributed by atoms with Crippen LogP contribution in [-0.4, -0.2) is 58.0 Å². The van der Waals surface area contributed by atoms with E-state index >= 15 is 0 Å². The van der Waals surface area contributed by atoms with E-state index in [1.807, 2.05) is 60.7 Å². The van der Waals surface area contributed by atoms with Gasteiger partial charge in [0.05, 0.1) is 6.42 Å².